The number of morpholine rings is 1. The molecule has 0 aromatic heterocycles. The molecule has 5 heteroatoms. The molecule has 1 heterocycles. The quantitative estimate of drug-likeness (QED) is 0.620. The Hall–Kier alpha value is -1.33. The normalized spacial score (nSPS) is 15.8. The number of benzene rings is 2. The molecule has 0 N–H and O–H groups in total. The van der Waals surface area contributed by atoms with Gasteiger partial charge in [-0.15, -0.1) is 12.4 Å². The van der Waals surface area contributed by atoms with E-state index in [1.165, 1.54) is 5.56 Å². The molecule has 26 heavy (non-hydrogen) atoms. The minimum absolute atomic E-state index is 0. The smallest absolute Gasteiger partial charge is 0.164 e. The summed E-state index contributed by atoms with van der Waals surface area (Å²) >= 11 is 1.89. The van der Waals surface area contributed by atoms with Crippen molar-refractivity contribution in [2.24, 2.45) is 0 Å². The Bertz CT molecular complexity index is 648. The maximum atomic E-state index is 12.7. The first-order valence-corrected chi connectivity index (χ1v) is 9.93. The lowest BCUT2D eigenvalue weighted by atomic mass is 10.0. The van der Waals surface area contributed by atoms with Crippen LogP contribution in [0.15, 0.2) is 60.7 Å². The van der Waals surface area contributed by atoms with Crippen molar-refractivity contribution in [2.45, 2.75) is 11.7 Å². The van der Waals surface area contributed by atoms with Gasteiger partial charge in [0.1, 0.15) is 0 Å². The highest BCUT2D eigenvalue weighted by molar-refractivity contribution is 7.99. The zero-order valence-electron chi connectivity index (χ0n) is 14.9. The van der Waals surface area contributed by atoms with Crippen LogP contribution in [0.3, 0.4) is 0 Å². The van der Waals surface area contributed by atoms with Crippen molar-refractivity contribution < 1.29 is 9.53 Å². The third kappa shape index (κ3) is 6.44. The van der Waals surface area contributed by atoms with Gasteiger partial charge in [0, 0.05) is 42.6 Å². The van der Waals surface area contributed by atoms with E-state index in [1.807, 2.05) is 48.2 Å². The van der Waals surface area contributed by atoms with E-state index in [1.54, 1.807) is 0 Å². The maximum Gasteiger partial charge on any atom is 0.164 e. The van der Waals surface area contributed by atoms with Crippen molar-refractivity contribution in [3.8, 4) is 0 Å². The molecule has 3 nitrogen and oxygen atoms in total. The largest absolute Gasteiger partial charge is 0.379 e. The summed E-state index contributed by atoms with van der Waals surface area (Å²) in [7, 11) is 0. The summed E-state index contributed by atoms with van der Waals surface area (Å²) in [6.45, 7) is 4.74. The van der Waals surface area contributed by atoms with E-state index in [2.05, 4.69) is 29.2 Å². The number of ketones is 1. The molecule has 1 fully saturated rings. The summed E-state index contributed by atoms with van der Waals surface area (Å²) in [6, 6.07) is 20.0. The third-order valence-corrected chi connectivity index (χ3v) is 5.73. The van der Waals surface area contributed by atoms with Gasteiger partial charge in [-0.2, -0.15) is 11.8 Å². The summed E-state index contributed by atoms with van der Waals surface area (Å²) in [5.41, 5.74) is 2.04. The Morgan fingerprint density at radius 1 is 1.00 bits per heavy atom. The third-order valence-electron chi connectivity index (χ3n) is 4.47. The van der Waals surface area contributed by atoms with Crippen molar-refractivity contribution >= 4 is 30.0 Å². The Morgan fingerprint density at radius 3 is 2.27 bits per heavy atom. The Kier molecular flexibility index (Phi) is 9.19. The van der Waals surface area contributed by atoms with Crippen LogP contribution in [0.25, 0.3) is 0 Å². The lowest BCUT2D eigenvalue weighted by Crippen LogP contribution is -2.37. The average Bonchev–Trinajstić information content (AvgIpc) is 2.69. The standard InChI is InChI=1S/C21H25NO2S.ClH/c23-20(18-7-3-1-4-8-18)17-21(19-9-5-2-6-10-19)25-16-13-22-11-14-24-15-12-22;/h1-10,21H,11-17H2;1H. The first kappa shape index (κ1) is 21.0. The SMILES string of the molecule is Cl.O=C(CC(SCCN1CCOCC1)c1ccccc1)c1ccccc1. The van der Waals surface area contributed by atoms with Crippen LogP contribution in [0.4, 0.5) is 0 Å². The summed E-state index contributed by atoms with van der Waals surface area (Å²) in [6.07, 6.45) is 0.543. The Balaban J connectivity index is 0.00000243. The number of rotatable bonds is 8. The molecule has 1 unspecified atom stereocenters. The number of ether oxygens (including phenoxy) is 1. The second-order valence-electron chi connectivity index (χ2n) is 6.22. The highest BCUT2D eigenvalue weighted by atomic mass is 35.5. The number of carbonyl (C=O) groups excluding carboxylic acids is 1. The van der Waals surface area contributed by atoms with Gasteiger partial charge >= 0.3 is 0 Å². The monoisotopic (exact) mass is 391 g/mol. The van der Waals surface area contributed by atoms with Gasteiger partial charge in [-0.3, -0.25) is 9.69 Å². The second kappa shape index (κ2) is 11.4. The highest BCUT2D eigenvalue weighted by Gasteiger charge is 2.18. The first-order valence-electron chi connectivity index (χ1n) is 8.88. The van der Waals surface area contributed by atoms with E-state index in [0.29, 0.717) is 6.42 Å². The number of nitrogens with zero attached hydrogens (tertiary/aromatic N) is 1. The lowest BCUT2D eigenvalue weighted by Gasteiger charge is -2.27. The van der Waals surface area contributed by atoms with Crippen LogP contribution in [0, 0.1) is 0 Å². The van der Waals surface area contributed by atoms with Crippen LogP contribution < -0.4 is 0 Å². The van der Waals surface area contributed by atoms with Crippen molar-refractivity contribution in [3.05, 3.63) is 71.8 Å². The van der Waals surface area contributed by atoms with Gasteiger partial charge in [-0.05, 0) is 5.56 Å². The van der Waals surface area contributed by atoms with Crippen molar-refractivity contribution in [1.82, 2.24) is 4.90 Å². The van der Waals surface area contributed by atoms with Crippen LogP contribution in [0.2, 0.25) is 0 Å². The van der Waals surface area contributed by atoms with Crippen LogP contribution in [0.1, 0.15) is 27.6 Å². The Labute approximate surface area is 166 Å². The van der Waals surface area contributed by atoms with E-state index in [4.69, 9.17) is 4.74 Å². The van der Waals surface area contributed by atoms with E-state index < -0.39 is 0 Å². The van der Waals surface area contributed by atoms with E-state index in [-0.39, 0.29) is 23.4 Å². The molecular formula is C21H26ClNO2S. The summed E-state index contributed by atoms with van der Waals surface area (Å²) < 4.78 is 5.40. The number of Topliss-reactive ketones (excluding diaryl/α,β-unsaturated/α-hetero) is 1. The van der Waals surface area contributed by atoms with Gasteiger partial charge in [-0.1, -0.05) is 60.7 Å². The molecule has 0 saturated carbocycles. The maximum absolute atomic E-state index is 12.7. The number of thioether (sulfide) groups is 1. The molecule has 2 aromatic rings. The molecule has 2 aromatic carbocycles. The van der Waals surface area contributed by atoms with Crippen LogP contribution in [0.5, 0.6) is 0 Å². The molecule has 3 rings (SSSR count). The molecule has 0 bridgehead atoms. The first-order chi connectivity index (χ1) is 12.3. The van der Waals surface area contributed by atoms with Crippen LogP contribution >= 0.6 is 24.2 Å². The molecule has 140 valence electrons. The summed E-state index contributed by atoms with van der Waals surface area (Å²) in [5, 5.41) is 0.204. The van der Waals surface area contributed by atoms with E-state index >= 15 is 0 Å². The lowest BCUT2D eigenvalue weighted by molar-refractivity contribution is 0.0410. The molecule has 1 saturated heterocycles. The zero-order valence-corrected chi connectivity index (χ0v) is 16.5. The predicted molar refractivity (Wildman–Crippen MR) is 112 cm³/mol. The van der Waals surface area contributed by atoms with Crippen LogP contribution in [-0.4, -0.2) is 49.3 Å². The van der Waals surface area contributed by atoms with E-state index in [9.17, 15) is 4.79 Å². The zero-order chi connectivity index (χ0) is 17.3. The summed E-state index contributed by atoms with van der Waals surface area (Å²) in [4.78, 5) is 15.1. The molecular weight excluding hydrogens is 366 g/mol. The molecule has 0 radical (unpaired) electrons. The minimum Gasteiger partial charge on any atom is -0.379 e. The van der Waals surface area contributed by atoms with Gasteiger partial charge in [0.25, 0.3) is 0 Å². The van der Waals surface area contributed by atoms with E-state index in [0.717, 1.165) is 44.2 Å². The van der Waals surface area contributed by atoms with Gasteiger partial charge in [0.2, 0.25) is 0 Å². The van der Waals surface area contributed by atoms with Gasteiger partial charge in [-0.25, -0.2) is 0 Å². The topological polar surface area (TPSA) is 29.5 Å². The number of hydrogen-bond acceptors (Lipinski definition) is 4. The second-order valence-corrected chi connectivity index (χ2v) is 7.53. The fourth-order valence-electron chi connectivity index (χ4n) is 3.00. The number of hydrogen-bond donors (Lipinski definition) is 0. The fraction of sp³-hybridized carbons (Fsp3) is 0.381. The number of carbonyl (C=O) groups is 1. The van der Waals surface area contributed by atoms with Crippen molar-refractivity contribution in [2.75, 3.05) is 38.6 Å². The highest BCUT2D eigenvalue weighted by Crippen LogP contribution is 2.33. The molecule has 0 spiro atoms. The van der Waals surface area contributed by atoms with Gasteiger partial charge in [0.15, 0.2) is 5.78 Å². The predicted octanol–water partition coefficient (Wildman–Crippen LogP) is 4.49. The van der Waals surface area contributed by atoms with Gasteiger partial charge < -0.3 is 4.74 Å². The van der Waals surface area contributed by atoms with Gasteiger partial charge in [0.05, 0.1) is 13.2 Å². The molecule has 0 aliphatic carbocycles. The molecule has 0 amide bonds. The van der Waals surface area contributed by atoms with Crippen molar-refractivity contribution in [3.63, 3.8) is 0 Å². The number of halogens is 1. The van der Waals surface area contributed by atoms with Crippen molar-refractivity contribution in [1.29, 1.82) is 0 Å². The fourth-order valence-corrected chi connectivity index (χ4v) is 4.27. The molecule has 1 aliphatic rings. The average molecular weight is 392 g/mol. The molecule has 1 atom stereocenters. The van der Waals surface area contributed by atoms with Crippen LogP contribution in [-0.2, 0) is 4.74 Å². The minimum atomic E-state index is 0. The molecule has 1 aliphatic heterocycles. The summed E-state index contributed by atoms with van der Waals surface area (Å²) in [5.74, 6) is 1.25. The Morgan fingerprint density at radius 2 is 1.62 bits per heavy atom.